The molecule has 1 saturated heterocycles. The van der Waals surface area contributed by atoms with Gasteiger partial charge in [-0.3, -0.25) is 9.69 Å². The molecule has 2 atom stereocenters. The molecule has 1 aliphatic heterocycles. The van der Waals surface area contributed by atoms with E-state index >= 15 is 0 Å². The maximum absolute atomic E-state index is 13.3. The fraction of sp³-hybridized carbons (Fsp3) is 0.533. The van der Waals surface area contributed by atoms with Gasteiger partial charge in [0.25, 0.3) is 0 Å². The number of benzene rings is 1. The van der Waals surface area contributed by atoms with Gasteiger partial charge in [-0.05, 0) is 24.6 Å². The third-order valence-electron chi connectivity index (χ3n) is 3.77. The number of esters is 1. The van der Waals surface area contributed by atoms with Gasteiger partial charge in [-0.1, -0.05) is 6.07 Å². The molecule has 0 bridgehead atoms. The summed E-state index contributed by atoms with van der Waals surface area (Å²) < 4.78 is 36.5. The summed E-state index contributed by atoms with van der Waals surface area (Å²) >= 11 is 0. The summed E-state index contributed by atoms with van der Waals surface area (Å²) in [6.45, 7) is 3.65. The van der Waals surface area contributed by atoms with Crippen molar-refractivity contribution in [2.24, 2.45) is 0 Å². The average molecular weight is 299 g/mol. The lowest BCUT2D eigenvalue weighted by Gasteiger charge is -2.36. The molecule has 116 valence electrons. The molecule has 4 nitrogen and oxygen atoms in total. The molecule has 2 rings (SSSR count). The number of nitrogens with zero attached hydrogens (tertiary/aromatic N) is 1. The highest BCUT2D eigenvalue weighted by atomic mass is 19.2. The molecule has 0 saturated carbocycles. The van der Waals surface area contributed by atoms with E-state index in [1.54, 1.807) is 6.07 Å². The summed E-state index contributed by atoms with van der Waals surface area (Å²) in [4.78, 5) is 13.4. The Balaban J connectivity index is 2.02. The number of morpholine rings is 1. The lowest BCUT2D eigenvalue weighted by Crippen LogP contribution is -2.44. The maximum atomic E-state index is 13.3. The molecule has 0 aromatic heterocycles. The number of carbonyl (C=O) groups excluding carboxylic acids is 1. The summed E-state index contributed by atoms with van der Waals surface area (Å²) in [5, 5.41) is 0. The first-order chi connectivity index (χ1) is 10.0. The minimum atomic E-state index is -0.850. The summed E-state index contributed by atoms with van der Waals surface area (Å²) in [6.07, 6.45) is -0.0451. The Morgan fingerprint density at radius 1 is 1.48 bits per heavy atom. The van der Waals surface area contributed by atoms with Gasteiger partial charge in [0.2, 0.25) is 0 Å². The second-order valence-corrected chi connectivity index (χ2v) is 5.12. The highest BCUT2D eigenvalue weighted by molar-refractivity contribution is 5.69. The van der Waals surface area contributed by atoms with E-state index in [9.17, 15) is 13.6 Å². The molecule has 0 unspecified atom stereocenters. The van der Waals surface area contributed by atoms with Crippen molar-refractivity contribution < 1.29 is 23.0 Å². The van der Waals surface area contributed by atoms with E-state index < -0.39 is 11.6 Å². The first kappa shape index (κ1) is 15.9. The van der Waals surface area contributed by atoms with Crippen molar-refractivity contribution in [3.05, 3.63) is 35.4 Å². The average Bonchev–Trinajstić information content (AvgIpc) is 2.49. The van der Waals surface area contributed by atoms with Crippen LogP contribution in [0.3, 0.4) is 0 Å². The number of halogens is 2. The molecular formula is C15H19F2NO3. The van der Waals surface area contributed by atoms with Crippen molar-refractivity contribution >= 4 is 5.97 Å². The van der Waals surface area contributed by atoms with Crippen LogP contribution < -0.4 is 0 Å². The molecule has 0 amide bonds. The molecule has 21 heavy (non-hydrogen) atoms. The molecule has 1 fully saturated rings. The van der Waals surface area contributed by atoms with Crippen molar-refractivity contribution in [2.75, 3.05) is 26.8 Å². The second kappa shape index (κ2) is 6.95. The highest BCUT2D eigenvalue weighted by Gasteiger charge is 2.27. The number of hydrogen-bond acceptors (Lipinski definition) is 4. The van der Waals surface area contributed by atoms with Crippen LogP contribution >= 0.6 is 0 Å². The van der Waals surface area contributed by atoms with Gasteiger partial charge in [0.15, 0.2) is 11.6 Å². The first-order valence-corrected chi connectivity index (χ1v) is 6.88. The predicted octanol–water partition coefficient (Wildman–Crippen LogP) is 2.29. The van der Waals surface area contributed by atoms with Gasteiger partial charge in [0.05, 0.1) is 26.2 Å². The minimum absolute atomic E-state index is 0.0795. The fourth-order valence-corrected chi connectivity index (χ4v) is 2.47. The SMILES string of the molecule is COC(=O)C[C@H]1CN([C@H](C)c2ccc(F)c(F)c2)CCO1. The lowest BCUT2D eigenvalue weighted by atomic mass is 10.0. The standard InChI is InChI=1S/C15H19F2NO3/c1-10(11-3-4-13(16)14(17)7-11)18-5-6-21-12(9-18)8-15(19)20-2/h3-4,7,10,12H,5-6,8-9H2,1-2H3/t10-,12+/m1/s1. The van der Waals surface area contributed by atoms with Gasteiger partial charge >= 0.3 is 5.97 Å². The van der Waals surface area contributed by atoms with Gasteiger partial charge in [0.1, 0.15) is 0 Å². The number of carbonyl (C=O) groups is 1. The second-order valence-electron chi connectivity index (χ2n) is 5.12. The van der Waals surface area contributed by atoms with E-state index in [0.29, 0.717) is 25.3 Å². The fourth-order valence-electron chi connectivity index (χ4n) is 2.47. The number of ether oxygens (including phenoxy) is 2. The summed E-state index contributed by atoms with van der Waals surface area (Å²) in [5.74, 6) is -2.02. The normalized spacial score (nSPS) is 21.0. The van der Waals surface area contributed by atoms with Crippen LogP contribution in [0.1, 0.15) is 24.9 Å². The number of hydrogen-bond donors (Lipinski definition) is 0. The summed E-state index contributed by atoms with van der Waals surface area (Å²) in [6, 6.07) is 3.84. The largest absolute Gasteiger partial charge is 0.469 e. The van der Waals surface area contributed by atoms with Gasteiger partial charge in [-0.25, -0.2) is 8.78 Å². The van der Waals surface area contributed by atoms with Gasteiger partial charge in [-0.2, -0.15) is 0 Å². The third-order valence-corrected chi connectivity index (χ3v) is 3.77. The van der Waals surface area contributed by atoms with Crippen molar-refractivity contribution in [3.8, 4) is 0 Å². The van der Waals surface area contributed by atoms with Crippen molar-refractivity contribution in [3.63, 3.8) is 0 Å². The Morgan fingerprint density at radius 3 is 2.90 bits per heavy atom. The van der Waals surface area contributed by atoms with E-state index in [-0.39, 0.29) is 24.5 Å². The van der Waals surface area contributed by atoms with E-state index in [2.05, 4.69) is 9.64 Å². The molecule has 0 spiro atoms. The zero-order valence-corrected chi connectivity index (χ0v) is 12.1. The number of rotatable bonds is 4. The van der Waals surface area contributed by atoms with Crippen LogP contribution in [0.15, 0.2) is 18.2 Å². The van der Waals surface area contributed by atoms with Crippen molar-refractivity contribution in [1.29, 1.82) is 0 Å². The Morgan fingerprint density at radius 2 is 2.24 bits per heavy atom. The summed E-state index contributed by atoms with van der Waals surface area (Å²) in [7, 11) is 1.34. The molecule has 0 aliphatic carbocycles. The molecule has 1 aromatic carbocycles. The Hall–Kier alpha value is -1.53. The van der Waals surface area contributed by atoms with Crippen LogP contribution in [-0.4, -0.2) is 43.8 Å². The highest BCUT2D eigenvalue weighted by Crippen LogP contribution is 2.24. The van der Waals surface area contributed by atoms with Gasteiger partial charge in [-0.15, -0.1) is 0 Å². The zero-order valence-electron chi connectivity index (χ0n) is 12.1. The lowest BCUT2D eigenvalue weighted by molar-refractivity contribution is -0.146. The topological polar surface area (TPSA) is 38.8 Å². The smallest absolute Gasteiger partial charge is 0.308 e. The maximum Gasteiger partial charge on any atom is 0.308 e. The summed E-state index contributed by atoms with van der Waals surface area (Å²) in [5.41, 5.74) is 0.701. The van der Waals surface area contributed by atoms with Crippen LogP contribution in [0.25, 0.3) is 0 Å². The van der Waals surface area contributed by atoms with Crippen LogP contribution in [-0.2, 0) is 14.3 Å². The molecule has 0 radical (unpaired) electrons. The van der Waals surface area contributed by atoms with E-state index in [1.807, 2.05) is 6.92 Å². The van der Waals surface area contributed by atoms with Crippen molar-refractivity contribution in [1.82, 2.24) is 4.90 Å². The van der Waals surface area contributed by atoms with E-state index in [1.165, 1.54) is 13.2 Å². The number of methoxy groups -OCH3 is 1. The predicted molar refractivity (Wildman–Crippen MR) is 72.7 cm³/mol. The molecular weight excluding hydrogens is 280 g/mol. The van der Waals surface area contributed by atoms with Crippen LogP contribution in [0.5, 0.6) is 0 Å². The van der Waals surface area contributed by atoms with Crippen molar-refractivity contribution in [2.45, 2.75) is 25.5 Å². The zero-order chi connectivity index (χ0) is 15.4. The van der Waals surface area contributed by atoms with Crippen LogP contribution in [0, 0.1) is 11.6 Å². The Bertz CT molecular complexity index is 510. The molecule has 1 aliphatic rings. The monoisotopic (exact) mass is 299 g/mol. The third kappa shape index (κ3) is 3.98. The molecule has 1 aromatic rings. The van der Waals surface area contributed by atoms with Gasteiger partial charge in [0, 0.05) is 19.1 Å². The minimum Gasteiger partial charge on any atom is -0.469 e. The Labute approximate surface area is 122 Å². The van der Waals surface area contributed by atoms with Gasteiger partial charge < -0.3 is 9.47 Å². The molecule has 1 heterocycles. The quantitative estimate of drug-likeness (QED) is 0.800. The van der Waals surface area contributed by atoms with Crippen LogP contribution in [0.2, 0.25) is 0 Å². The van der Waals surface area contributed by atoms with E-state index in [0.717, 1.165) is 6.07 Å². The molecule has 0 N–H and O–H groups in total. The van der Waals surface area contributed by atoms with Crippen LogP contribution in [0.4, 0.5) is 8.78 Å². The first-order valence-electron chi connectivity index (χ1n) is 6.88. The Kier molecular flexibility index (Phi) is 5.25. The van der Waals surface area contributed by atoms with E-state index in [4.69, 9.17) is 4.74 Å². The molecule has 6 heteroatoms.